The van der Waals surface area contributed by atoms with Gasteiger partial charge in [0.1, 0.15) is 17.6 Å². The van der Waals surface area contributed by atoms with Crippen LogP contribution in [0.4, 0.5) is 5.69 Å². The summed E-state index contributed by atoms with van der Waals surface area (Å²) in [5, 5.41) is 0. The lowest BCUT2D eigenvalue weighted by molar-refractivity contribution is 0.0918. The van der Waals surface area contributed by atoms with Gasteiger partial charge in [-0.05, 0) is 32.9 Å². The molecule has 0 amide bonds. The molecule has 2 N–H and O–H groups in total. The summed E-state index contributed by atoms with van der Waals surface area (Å²) in [6.07, 6.45) is 0.0828. The molecule has 0 fully saturated rings. The van der Waals surface area contributed by atoms with Gasteiger partial charge in [0.05, 0.1) is 18.4 Å². The average molecular weight is 239 g/mol. The van der Waals surface area contributed by atoms with E-state index in [1.807, 2.05) is 32.9 Å². The SMILES string of the molecule is COCC(C)Oc1ccc(N)c(OC(C)C)c1. The molecule has 0 heterocycles. The van der Waals surface area contributed by atoms with E-state index in [1.165, 1.54) is 0 Å². The highest BCUT2D eigenvalue weighted by Crippen LogP contribution is 2.28. The molecule has 1 rings (SSSR count). The van der Waals surface area contributed by atoms with Crippen molar-refractivity contribution in [3.8, 4) is 11.5 Å². The highest BCUT2D eigenvalue weighted by atomic mass is 16.5. The van der Waals surface area contributed by atoms with Crippen LogP contribution in [-0.2, 0) is 4.74 Å². The highest BCUT2D eigenvalue weighted by molar-refractivity contribution is 5.55. The fraction of sp³-hybridized carbons (Fsp3) is 0.538. The van der Waals surface area contributed by atoms with Gasteiger partial charge < -0.3 is 19.9 Å². The Balaban J connectivity index is 2.74. The minimum atomic E-state index is -0.00414. The summed E-state index contributed by atoms with van der Waals surface area (Å²) >= 11 is 0. The molecule has 4 nitrogen and oxygen atoms in total. The van der Waals surface area contributed by atoms with Crippen molar-refractivity contribution in [2.75, 3.05) is 19.5 Å². The normalized spacial score (nSPS) is 12.5. The molecule has 96 valence electrons. The summed E-state index contributed by atoms with van der Waals surface area (Å²) in [5.41, 5.74) is 6.44. The zero-order chi connectivity index (χ0) is 12.8. The van der Waals surface area contributed by atoms with Crippen LogP contribution in [-0.4, -0.2) is 25.9 Å². The van der Waals surface area contributed by atoms with Gasteiger partial charge in [-0.25, -0.2) is 0 Å². The zero-order valence-electron chi connectivity index (χ0n) is 10.9. The van der Waals surface area contributed by atoms with Crippen molar-refractivity contribution < 1.29 is 14.2 Å². The smallest absolute Gasteiger partial charge is 0.146 e. The van der Waals surface area contributed by atoms with Crippen LogP contribution in [0.15, 0.2) is 18.2 Å². The van der Waals surface area contributed by atoms with Gasteiger partial charge in [0.2, 0.25) is 0 Å². The molecule has 0 aliphatic rings. The summed E-state index contributed by atoms with van der Waals surface area (Å²) in [4.78, 5) is 0. The molecule has 0 aliphatic heterocycles. The van der Waals surface area contributed by atoms with Gasteiger partial charge in [-0.1, -0.05) is 0 Å². The first kappa shape index (κ1) is 13.6. The van der Waals surface area contributed by atoms with E-state index in [-0.39, 0.29) is 12.2 Å². The molecule has 4 heteroatoms. The summed E-state index contributed by atoms with van der Waals surface area (Å²) < 4.78 is 16.3. The lowest BCUT2D eigenvalue weighted by Gasteiger charge is -2.16. The quantitative estimate of drug-likeness (QED) is 0.775. The molecule has 1 aromatic rings. The maximum absolute atomic E-state index is 5.82. The maximum Gasteiger partial charge on any atom is 0.146 e. The summed E-state index contributed by atoms with van der Waals surface area (Å²) in [5.74, 6) is 1.39. The Morgan fingerprint density at radius 2 is 1.88 bits per heavy atom. The predicted octanol–water partition coefficient (Wildman–Crippen LogP) is 2.47. The Morgan fingerprint density at radius 3 is 2.47 bits per heavy atom. The molecule has 0 saturated carbocycles. The van der Waals surface area contributed by atoms with Gasteiger partial charge in [-0.2, -0.15) is 0 Å². The molecule has 0 saturated heterocycles. The highest BCUT2D eigenvalue weighted by Gasteiger charge is 2.08. The Kier molecular flexibility index (Phi) is 5.10. The van der Waals surface area contributed by atoms with Gasteiger partial charge in [-0.15, -0.1) is 0 Å². The van der Waals surface area contributed by atoms with Gasteiger partial charge >= 0.3 is 0 Å². The van der Waals surface area contributed by atoms with Crippen LogP contribution in [0.25, 0.3) is 0 Å². The molecule has 0 bridgehead atoms. The number of nitrogens with two attached hydrogens (primary N) is 1. The minimum absolute atomic E-state index is 0.00414. The monoisotopic (exact) mass is 239 g/mol. The second-order valence-electron chi connectivity index (χ2n) is 4.25. The van der Waals surface area contributed by atoms with E-state index in [2.05, 4.69) is 0 Å². The van der Waals surface area contributed by atoms with E-state index >= 15 is 0 Å². The number of hydrogen-bond donors (Lipinski definition) is 1. The number of rotatable bonds is 6. The summed E-state index contributed by atoms with van der Waals surface area (Å²) in [7, 11) is 1.65. The van der Waals surface area contributed by atoms with Crippen LogP contribution < -0.4 is 15.2 Å². The second-order valence-corrected chi connectivity index (χ2v) is 4.25. The van der Waals surface area contributed by atoms with Gasteiger partial charge in [0.15, 0.2) is 0 Å². The molecule has 0 spiro atoms. The van der Waals surface area contributed by atoms with Crippen molar-refractivity contribution >= 4 is 5.69 Å². The molecule has 1 aromatic carbocycles. The Labute approximate surface area is 103 Å². The summed E-state index contributed by atoms with van der Waals surface area (Å²) in [6, 6.07) is 5.42. The van der Waals surface area contributed by atoms with Crippen LogP contribution in [0, 0.1) is 0 Å². The average Bonchev–Trinajstić information content (AvgIpc) is 2.22. The number of anilines is 1. The standard InChI is InChI=1S/C13H21NO3/c1-9(2)16-13-7-11(5-6-12(13)14)17-10(3)8-15-4/h5-7,9-10H,8,14H2,1-4H3. The van der Waals surface area contributed by atoms with E-state index < -0.39 is 0 Å². The van der Waals surface area contributed by atoms with Crippen molar-refractivity contribution in [2.24, 2.45) is 0 Å². The van der Waals surface area contributed by atoms with Crippen molar-refractivity contribution in [2.45, 2.75) is 33.0 Å². The fourth-order valence-corrected chi connectivity index (χ4v) is 1.45. The minimum Gasteiger partial charge on any atom is -0.489 e. The van der Waals surface area contributed by atoms with Crippen molar-refractivity contribution in [1.29, 1.82) is 0 Å². The predicted molar refractivity (Wildman–Crippen MR) is 68.6 cm³/mol. The number of methoxy groups -OCH3 is 1. The van der Waals surface area contributed by atoms with Crippen LogP contribution in [0.1, 0.15) is 20.8 Å². The lowest BCUT2D eigenvalue weighted by atomic mass is 10.2. The first-order valence-corrected chi connectivity index (χ1v) is 5.74. The van der Waals surface area contributed by atoms with E-state index in [4.69, 9.17) is 19.9 Å². The van der Waals surface area contributed by atoms with Crippen LogP contribution in [0.5, 0.6) is 11.5 Å². The summed E-state index contributed by atoms with van der Waals surface area (Å²) in [6.45, 7) is 6.41. The molecular formula is C13H21NO3. The van der Waals surface area contributed by atoms with Crippen molar-refractivity contribution in [3.05, 3.63) is 18.2 Å². The Morgan fingerprint density at radius 1 is 1.18 bits per heavy atom. The molecule has 1 atom stereocenters. The first-order valence-electron chi connectivity index (χ1n) is 5.74. The molecule has 0 aliphatic carbocycles. The number of hydrogen-bond acceptors (Lipinski definition) is 4. The van der Waals surface area contributed by atoms with E-state index in [0.717, 1.165) is 5.75 Å². The van der Waals surface area contributed by atoms with Gasteiger partial charge in [-0.3, -0.25) is 0 Å². The second kappa shape index (κ2) is 6.35. The van der Waals surface area contributed by atoms with E-state index in [0.29, 0.717) is 18.0 Å². The fourth-order valence-electron chi connectivity index (χ4n) is 1.45. The lowest BCUT2D eigenvalue weighted by Crippen LogP contribution is -2.18. The molecule has 0 aromatic heterocycles. The van der Waals surface area contributed by atoms with Gasteiger partial charge in [0.25, 0.3) is 0 Å². The third-order valence-electron chi connectivity index (χ3n) is 2.09. The van der Waals surface area contributed by atoms with E-state index in [9.17, 15) is 0 Å². The van der Waals surface area contributed by atoms with Crippen LogP contribution in [0.2, 0.25) is 0 Å². The Hall–Kier alpha value is -1.42. The first-order chi connectivity index (χ1) is 8.02. The van der Waals surface area contributed by atoms with Crippen LogP contribution in [0.3, 0.4) is 0 Å². The maximum atomic E-state index is 5.82. The molecular weight excluding hydrogens is 218 g/mol. The third-order valence-corrected chi connectivity index (χ3v) is 2.09. The zero-order valence-corrected chi connectivity index (χ0v) is 10.9. The van der Waals surface area contributed by atoms with Crippen LogP contribution >= 0.6 is 0 Å². The molecule has 0 radical (unpaired) electrons. The Bertz CT molecular complexity index is 353. The molecule has 1 unspecified atom stereocenters. The van der Waals surface area contributed by atoms with Crippen molar-refractivity contribution in [3.63, 3.8) is 0 Å². The van der Waals surface area contributed by atoms with Gasteiger partial charge in [0, 0.05) is 13.2 Å². The number of nitrogen functional groups attached to an aromatic ring is 1. The van der Waals surface area contributed by atoms with Crippen molar-refractivity contribution in [1.82, 2.24) is 0 Å². The number of benzene rings is 1. The third kappa shape index (κ3) is 4.53. The topological polar surface area (TPSA) is 53.7 Å². The van der Waals surface area contributed by atoms with E-state index in [1.54, 1.807) is 13.2 Å². The number of ether oxygens (including phenoxy) is 3. The molecule has 17 heavy (non-hydrogen) atoms. The largest absolute Gasteiger partial charge is 0.489 e.